The summed E-state index contributed by atoms with van der Waals surface area (Å²) >= 11 is 0. The molecule has 1 heterocycles. The van der Waals surface area contributed by atoms with Gasteiger partial charge in [0.25, 0.3) is 5.91 Å². The highest BCUT2D eigenvalue weighted by Crippen LogP contribution is 2.39. The Morgan fingerprint density at radius 2 is 2.00 bits per heavy atom. The van der Waals surface area contributed by atoms with Crippen LogP contribution in [-0.4, -0.2) is 35.5 Å². The maximum absolute atomic E-state index is 12.4. The van der Waals surface area contributed by atoms with Gasteiger partial charge in [0.15, 0.2) is 0 Å². The molecular weight excluding hydrogens is 384 g/mol. The van der Waals surface area contributed by atoms with Crippen molar-refractivity contribution >= 4 is 39.5 Å². The van der Waals surface area contributed by atoms with Crippen LogP contribution >= 0.6 is 21.6 Å². The summed E-state index contributed by atoms with van der Waals surface area (Å²) in [6, 6.07) is 8.11. The fourth-order valence-electron chi connectivity index (χ4n) is 2.68. The Labute approximate surface area is 168 Å². The highest BCUT2D eigenvalue weighted by Gasteiger charge is 2.26. The number of carbonyl (C=O) groups excluding carboxylic acids is 3. The summed E-state index contributed by atoms with van der Waals surface area (Å²) in [6.45, 7) is 2.15. The third-order valence-electron chi connectivity index (χ3n) is 4.05. The maximum atomic E-state index is 12.4. The molecule has 6 nitrogen and oxygen atoms in total. The number of hydrogen-bond donors (Lipinski definition) is 2. The monoisotopic (exact) mass is 410 g/mol. The first-order valence-corrected chi connectivity index (χ1v) is 11.6. The van der Waals surface area contributed by atoms with E-state index in [1.165, 1.54) is 12.2 Å². The molecule has 0 radical (unpaired) electrons. The molecule has 1 aromatic carbocycles. The zero-order valence-electron chi connectivity index (χ0n) is 15.4. The standard InChI is InChI=1S/C19H26N2O4S2/c1-2-20-19(24)21-18(23)17(14-8-4-3-5-9-14)25-16(22)11-7-6-10-15-12-13-26-27-15/h3-5,8-9,15,17H,2,6-7,10-13H2,1H3,(H2,20,21,23,24)/t15-,17-/m0/s1. The highest BCUT2D eigenvalue weighted by molar-refractivity contribution is 8.77. The van der Waals surface area contributed by atoms with Crippen LogP contribution in [0.15, 0.2) is 30.3 Å². The first kappa shape index (κ1) is 21.6. The van der Waals surface area contributed by atoms with E-state index in [0.717, 1.165) is 19.3 Å². The normalized spacial score (nSPS) is 17.1. The van der Waals surface area contributed by atoms with Crippen LogP contribution in [0.2, 0.25) is 0 Å². The Morgan fingerprint density at radius 1 is 1.22 bits per heavy atom. The minimum atomic E-state index is -1.14. The molecule has 3 amide bonds. The Hall–Kier alpha value is -1.67. The molecule has 8 heteroatoms. The lowest BCUT2D eigenvalue weighted by Crippen LogP contribution is -2.42. The van der Waals surface area contributed by atoms with E-state index in [9.17, 15) is 14.4 Å². The smallest absolute Gasteiger partial charge is 0.321 e. The molecule has 1 saturated heterocycles. The number of rotatable bonds is 9. The van der Waals surface area contributed by atoms with Crippen molar-refractivity contribution in [1.82, 2.24) is 10.6 Å². The molecule has 0 bridgehead atoms. The summed E-state index contributed by atoms with van der Waals surface area (Å²) in [4.78, 5) is 36.3. The predicted molar refractivity (Wildman–Crippen MR) is 109 cm³/mol. The van der Waals surface area contributed by atoms with Crippen LogP contribution in [0.5, 0.6) is 0 Å². The topological polar surface area (TPSA) is 84.5 Å². The van der Waals surface area contributed by atoms with Gasteiger partial charge in [-0.3, -0.25) is 14.9 Å². The fourth-order valence-corrected chi connectivity index (χ4v) is 5.71. The molecule has 0 unspecified atom stereocenters. The van der Waals surface area contributed by atoms with Crippen LogP contribution in [0.3, 0.4) is 0 Å². The molecule has 2 rings (SSSR count). The zero-order chi connectivity index (χ0) is 19.5. The van der Waals surface area contributed by atoms with E-state index >= 15 is 0 Å². The number of ether oxygens (including phenoxy) is 1. The SMILES string of the molecule is CCNC(=O)NC(=O)[C@@H](OC(=O)CCCC[C@H]1CCSS1)c1ccccc1. The number of carbonyl (C=O) groups is 3. The highest BCUT2D eigenvalue weighted by atomic mass is 33.1. The number of urea groups is 1. The van der Waals surface area contributed by atoms with Gasteiger partial charge in [-0.05, 0) is 26.2 Å². The third-order valence-corrected chi connectivity index (χ3v) is 7.05. The molecule has 0 spiro atoms. The minimum Gasteiger partial charge on any atom is -0.447 e. The van der Waals surface area contributed by atoms with Gasteiger partial charge in [-0.2, -0.15) is 0 Å². The largest absolute Gasteiger partial charge is 0.447 e. The van der Waals surface area contributed by atoms with Gasteiger partial charge in [-0.25, -0.2) is 4.79 Å². The van der Waals surface area contributed by atoms with Gasteiger partial charge in [-0.15, -0.1) is 0 Å². The summed E-state index contributed by atoms with van der Waals surface area (Å²) in [5.41, 5.74) is 0.534. The molecule has 27 heavy (non-hydrogen) atoms. The van der Waals surface area contributed by atoms with Gasteiger partial charge in [0, 0.05) is 29.5 Å². The van der Waals surface area contributed by atoms with Gasteiger partial charge in [0.05, 0.1) is 0 Å². The van der Waals surface area contributed by atoms with Crippen LogP contribution in [0.25, 0.3) is 0 Å². The average Bonchev–Trinajstić information content (AvgIpc) is 3.17. The molecule has 2 N–H and O–H groups in total. The molecular formula is C19H26N2O4S2. The second kappa shape index (κ2) is 11.9. The first-order valence-electron chi connectivity index (χ1n) is 9.21. The van der Waals surface area contributed by atoms with Crippen molar-refractivity contribution < 1.29 is 19.1 Å². The summed E-state index contributed by atoms with van der Waals surface area (Å²) in [6.07, 6.45) is 3.17. The minimum absolute atomic E-state index is 0.266. The molecule has 1 aliphatic heterocycles. The van der Waals surface area contributed by atoms with E-state index in [1.807, 2.05) is 27.7 Å². The van der Waals surface area contributed by atoms with Crippen molar-refractivity contribution in [1.29, 1.82) is 0 Å². The van der Waals surface area contributed by atoms with Gasteiger partial charge in [0.2, 0.25) is 6.10 Å². The number of nitrogens with one attached hydrogen (secondary N) is 2. The number of amides is 3. The van der Waals surface area contributed by atoms with Crippen LogP contribution in [0.4, 0.5) is 4.79 Å². The molecule has 0 aliphatic carbocycles. The Morgan fingerprint density at radius 3 is 2.67 bits per heavy atom. The molecule has 0 saturated carbocycles. The lowest BCUT2D eigenvalue weighted by atomic mass is 10.1. The molecule has 0 aromatic heterocycles. The van der Waals surface area contributed by atoms with E-state index < -0.39 is 24.0 Å². The van der Waals surface area contributed by atoms with Gasteiger partial charge in [0.1, 0.15) is 0 Å². The molecule has 1 fully saturated rings. The van der Waals surface area contributed by atoms with Gasteiger partial charge in [-0.1, -0.05) is 58.3 Å². The fraction of sp³-hybridized carbons (Fsp3) is 0.526. The summed E-state index contributed by atoms with van der Waals surface area (Å²) in [5.74, 6) is 0.125. The van der Waals surface area contributed by atoms with E-state index in [0.29, 0.717) is 17.4 Å². The number of imide groups is 1. The van der Waals surface area contributed by atoms with Crippen LogP contribution < -0.4 is 10.6 Å². The predicted octanol–water partition coefficient (Wildman–Crippen LogP) is 3.83. The van der Waals surface area contributed by atoms with E-state index in [-0.39, 0.29) is 6.42 Å². The Bertz CT molecular complexity index is 621. The maximum Gasteiger partial charge on any atom is 0.321 e. The number of esters is 1. The Balaban J connectivity index is 1.85. The average molecular weight is 411 g/mol. The molecule has 2 atom stereocenters. The molecule has 1 aliphatic rings. The number of hydrogen-bond acceptors (Lipinski definition) is 6. The summed E-state index contributed by atoms with van der Waals surface area (Å²) in [7, 11) is 3.84. The summed E-state index contributed by atoms with van der Waals surface area (Å²) in [5, 5.41) is 5.39. The first-order chi connectivity index (χ1) is 13.1. The van der Waals surface area contributed by atoms with E-state index in [1.54, 1.807) is 31.2 Å². The Kier molecular flexibility index (Phi) is 9.55. The van der Waals surface area contributed by atoms with Crippen molar-refractivity contribution in [3.63, 3.8) is 0 Å². The van der Waals surface area contributed by atoms with Crippen LogP contribution in [-0.2, 0) is 14.3 Å². The van der Waals surface area contributed by atoms with Crippen molar-refractivity contribution in [2.45, 2.75) is 50.4 Å². The second-order valence-electron chi connectivity index (χ2n) is 6.20. The van der Waals surface area contributed by atoms with Crippen molar-refractivity contribution in [2.24, 2.45) is 0 Å². The lowest BCUT2D eigenvalue weighted by molar-refractivity contribution is -0.156. The van der Waals surface area contributed by atoms with E-state index in [2.05, 4.69) is 10.6 Å². The van der Waals surface area contributed by atoms with Gasteiger partial charge < -0.3 is 10.1 Å². The van der Waals surface area contributed by atoms with E-state index in [4.69, 9.17) is 4.74 Å². The lowest BCUT2D eigenvalue weighted by Gasteiger charge is -2.18. The molecule has 148 valence electrons. The van der Waals surface area contributed by atoms with Gasteiger partial charge >= 0.3 is 12.0 Å². The zero-order valence-corrected chi connectivity index (χ0v) is 17.1. The third kappa shape index (κ3) is 7.84. The number of benzene rings is 1. The van der Waals surface area contributed by atoms with Crippen molar-refractivity contribution in [3.8, 4) is 0 Å². The quantitative estimate of drug-likeness (QED) is 0.366. The van der Waals surface area contributed by atoms with Crippen LogP contribution in [0.1, 0.15) is 50.7 Å². The summed E-state index contributed by atoms with van der Waals surface area (Å²) < 4.78 is 5.41. The van der Waals surface area contributed by atoms with Crippen molar-refractivity contribution in [2.75, 3.05) is 12.3 Å². The van der Waals surface area contributed by atoms with Crippen molar-refractivity contribution in [3.05, 3.63) is 35.9 Å². The number of unbranched alkanes of at least 4 members (excludes halogenated alkanes) is 1. The van der Waals surface area contributed by atoms with Crippen LogP contribution in [0, 0.1) is 0 Å². The second-order valence-corrected chi connectivity index (χ2v) is 8.99. The molecule has 1 aromatic rings.